The number of nitrogens with two attached hydrogens (primary N) is 1. The molecule has 0 radical (unpaired) electrons. The van der Waals surface area contributed by atoms with E-state index < -0.39 is 5.91 Å². The second-order valence-corrected chi connectivity index (χ2v) is 8.37. The van der Waals surface area contributed by atoms with Crippen molar-refractivity contribution < 1.29 is 4.79 Å². The quantitative estimate of drug-likeness (QED) is 0.412. The zero-order valence-electron chi connectivity index (χ0n) is 14.3. The normalized spacial score (nSPS) is 10.9. The minimum absolute atomic E-state index is 0.235. The molecular formula is C17H10BrCl2N7OS. The van der Waals surface area contributed by atoms with Crippen LogP contribution in [0.25, 0.3) is 16.4 Å². The number of amides is 1. The Kier molecular flexibility index (Phi) is 5.50. The SMILES string of the molecule is Nc1nnc(-c2cc(Cl)cc(NC(=O)c3cc(Br)nn3-c3ncccc3Cl)c2)s1. The maximum atomic E-state index is 12.9. The van der Waals surface area contributed by atoms with Crippen LogP contribution in [0.4, 0.5) is 10.8 Å². The predicted octanol–water partition coefficient (Wildman–Crippen LogP) is 4.69. The van der Waals surface area contributed by atoms with Gasteiger partial charge in [0, 0.05) is 28.5 Å². The van der Waals surface area contributed by atoms with Gasteiger partial charge in [-0.25, -0.2) is 9.67 Å². The van der Waals surface area contributed by atoms with E-state index >= 15 is 0 Å². The standard InChI is InChI=1S/C17H10BrCl2N7OS/c18-13-7-12(27(26-13)14-11(20)2-1-3-22-14)15(28)23-10-5-8(4-9(19)6-10)16-24-25-17(21)29-16/h1-7H,(H2,21,25)(H,23,28). The van der Waals surface area contributed by atoms with E-state index in [2.05, 4.69) is 41.5 Å². The van der Waals surface area contributed by atoms with Gasteiger partial charge in [-0.2, -0.15) is 5.10 Å². The van der Waals surface area contributed by atoms with Crippen molar-refractivity contribution in [3.8, 4) is 16.4 Å². The molecule has 1 amide bonds. The molecule has 1 aromatic carbocycles. The largest absolute Gasteiger partial charge is 0.374 e. The van der Waals surface area contributed by atoms with Gasteiger partial charge in [-0.05, 0) is 46.3 Å². The van der Waals surface area contributed by atoms with Gasteiger partial charge in [0.25, 0.3) is 5.91 Å². The highest BCUT2D eigenvalue weighted by Gasteiger charge is 2.19. The molecule has 4 aromatic rings. The van der Waals surface area contributed by atoms with Crippen LogP contribution < -0.4 is 11.1 Å². The molecule has 146 valence electrons. The number of carbonyl (C=O) groups excluding carboxylic acids is 1. The molecule has 0 unspecified atom stereocenters. The van der Waals surface area contributed by atoms with Crippen molar-refractivity contribution in [3.63, 3.8) is 0 Å². The summed E-state index contributed by atoms with van der Waals surface area (Å²) in [6, 6.07) is 9.99. The molecule has 29 heavy (non-hydrogen) atoms. The molecule has 0 saturated carbocycles. The minimum Gasteiger partial charge on any atom is -0.374 e. The lowest BCUT2D eigenvalue weighted by atomic mass is 10.2. The van der Waals surface area contributed by atoms with Crippen LogP contribution in [0.2, 0.25) is 10.0 Å². The van der Waals surface area contributed by atoms with Gasteiger partial charge in [0.1, 0.15) is 15.3 Å². The van der Waals surface area contributed by atoms with Crippen molar-refractivity contribution in [1.29, 1.82) is 0 Å². The highest BCUT2D eigenvalue weighted by Crippen LogP contribution is 2.30. The fourth-order valence-corrected chi connectivity index (χ4v) is 3.95. The molecule has 0 aliphatic rings. The first-order chi connectivity index (χ1) is 13.9. The Balaban J connectivity index is 1.68. The van der Waals surface area contributed by atoms with E-state index in [1.54, 1.807) is 42.6 Å². The van der Waals surface area contributed by atoms with Crippen LogP contribution >= 0.6 is 50.5 Å². The number of carbonyl (C=O) groups is 1. The van der Waals surface area contributed by atoms with Gasteiger partial charge in [-0.15, -0.1) is 10.2 Å². The molecule has 0 aliphatic heterocycles. The van der Waals surface area contributed by atoms with Crippen molar-refractivity contribution in [2.75, 3.05) is 11.1 Å². The molecule has 0 atom stereocenters. The highest BCUT2D eigenvalue weighted by atomic mass is 79.9. The zero-order valence-corrected chi connectivity index (χ0v) is 18.2. The molecule has 3 heterocycles. The van der Waals surface area contributed by atoms with Crippen molar-refractivity contribution in [1.82, 2.24) is 25.0 Å². The summed E-state index contributed by atoms with van der Waals surface area (Å²) >= 11 is 16.9. The van der Waals surface area contributed by atoms with E-state index in [-0.39, 0.29) is 5.69 Å². The molecule has 0 bridgehead atoms. The number of hydrogen-bond acceptors (Lipinski definition) is 7. The number of anilines is 2. The summed E-state index contributed by atoms with van der Waals surface area (Å²) in [4.78, 5) is 17.1. The number of nitrogen functional groups attached to an aromatic ring is 1. The van der Waals surface area contributed by atoms with Gasteiger partial charge >= 0.3 is 0 Å². The Hall–Kier alpha value is -2.53. The van der Waals surface area contributed by atoms with Crippen LogP contribution in [-0.2, 0) is 0 Å². The Bertz CT molecular complexity index is 1230. The van der Waals surface area contributed by atoms with Crippen LogP contribution in [0.15, 0.2) is 47.2 Å². The predicted molar refractivity (Wildman–Crippen MR) is 117 cm³/mol. The van der Waals surface area contributed by atoms with E-state index in [9.17, 15) is 4.79 Å². The van der Waals surface area contributed by atoms with Gasteiger partial charge in [0.2, 0.25) is 5.13 Å². The number of rotatable bonds is 4. The molecule has 0 spiro atoms. The van der Waals surface area contributed by atoms with Crippen molar-refractivity contribution in [2.45, 2.75) is 0 Å². The number of hydrogen-bond donors (Lipinski definition) is 2. The third kappa shape index (κ3) is 4.25. The van der Waals surface area contributed by atoms with Crippen LogP contribution in [0.5, 0.6) is 0 Å². The molecule has 8 nitrogen and oxygen atoms in total. The highest BCUT2D eigenvalue weighted by molar-refractivity contribution is 9.10. The number of nitrogens with zero attached hydrogens (tertiary/aromatic N) is 5. The molecular weight excluding hydrogens is 501 g/mol. The number of aromatic nitrogens is 5. The fraction of sp³-hybridized carbons (Fsp3) is 0. The average molecular weight is 511 g/mol. The van der Waals surface area contributed by atoms with Crippen LogP contribution in [0.3, 0.4) is 0 Å². The molecule has 0 aliphatic carbocycles. The smallest absolute Gasteiger partial charge is 0.274 e. The van der Waals surface area contributed by atoms with Gasteiger partial charge in [0.15, 0.2) is 5.82 Å². The lowest BCUT2D eigenvalue weighted by molar-refractivity contribution is 0.101. The summed E-state index contributed by atoms with van der Waals surface area (Å²) in [5, 5.41) is 16.6. The molecule has 3 N–H and O–H groups in total. The summed E-state index contributed by atoms with van der Waals surface area (Å²) < 4.78 is 1.82. The molecule has 12 heteroatoms. The molecule has 4 rings (SSSR count). The Labute approximate surface area is 186 Å². The number of pyridine rings is 1. The first kappa shape index (κ1) is 19.8. The summed E-state index contributed by atoms with van der Waals surface area (Å²) in [5.74, 6) is -0.0870. The minimum atomic E-state index is -0.421. The zero-order chi connectivity index (χ0) is 20.5. The third-order valence-electron chi connectivity index (χ3n) is 3.70. The Morgan fingerprint density at radius 1 is 1.21 bits per heavy atom. The van der Waals surface area contributed by atoms with Crippen molar-refractivity contribution >= 4 is 67.2 Å². The van der Waals surface area contributed by atoms with E-state index in [4.69, 9.17) is 28.9 Å². The summed E-state index contributed by atoms with van der Waals surface area (Å²) in [5.41, 5.74) is 7.04. The Morgan fingerprint density at radius 3 is 2.76 bits per heavy atom. The monoisotopic (exact) mass is 509 g/mol. The van der Waals surface area contributed by atoms with E-state index in [0.29, 0.717) is 41.9 Å². The topological polar surface area (TPSA) is 112 Å². The maximum Gasteiger partial charge on any atom is 0.274 e. The van der Waals surface area contributed by atoms with E-state index in [1.165, 1.54) is 16.0 Å². The maximum absolute atomic E-state index is 12.9. The van der Waals surface area contributed by atoms with Gasteiger partial charge in [0.05, 0.1) is 5.02 Å². The van der Waals surface area contributed by atoms with Crippen LogP contribution in [-0.4, -0.2) is 30.9 Å². The van der Waals surface area contributed by atoms with Crippen LogP contribution in [0.1, 0.15) is 10.5 Å². The molecule has 0 fully saturated rings. The fourth-order valence-electron chi connectivity index (χ4n) is 2.54. The summed E-state index contributed by atoms with van der Waals surface area (Å²) in [7, 11) is 0. The number of nitrogens with one attached hydrogen (secondary N) is 1. The van der Waals surface area contributed by atoms with Gasteiger partial charge in [-0.1, -0.05) is 34.5 Å². The number of halogens is 3. The van der Waals surface area contributed by atoms with Crippen LogP contribution in [0, 0.1) is 0 Å². The van der Waals surface area contributed by atoms with E-state index in [1.807, 2.05) is 0 Å². The second kappa shape index (κ2) is 8.07. The lowest BCUT2D eigenvalue weighted by Gasteiger charge is -2.10. The first-order valence-electron chi connectivity index (χ1n) is 7.98. The molecule has 0 saturated heterocycles. The summed E-state index contributed by atoms with van der Waals surface area (Å²) in [6.45, 7) is 0. The van der Waals surface area contributed by atoms with Crippen molar-refractivity contribution in [3.05, 3.63) is 62.9 Å². The van der Waals surface area contributed by atoms with Gasteiger partial charge < -0.3 is 11.1 Å². The first-order valence-corrected chi connectivity index (χ1v) is 10.3. The van der Waals surface area contributed by atoms with Crippen molar-refractivity contribution in [2.24, 2.45) is 0 Å². The number of benzene rings is 1. The third-order valence-corrected chi connectivity index (χ3v) is 5.40. The molecule has 3 aromatic heterocycles. The lowest BCUT2D eigenvalue weighted by Crippen LogP contribution is -2.17. The Morgan fingerprint density at radius 2 is 2.03 bits per heavy atom. The van der Waals surface area contributed by atoms with Gasteiger partial charge in [-0.3, -0.25) is 4.79 Å². The van der Waals surface area contributed by atoms with E-state index in [0.717, 1.165) is 0 Å². The average Bonchev–Trinajstić information content (AvgIpc) is 3.27. The summed E-state index contributed by atoms with van der Waals surface area (Å²) in [6.07, 6.45) is 1.56. The second-order valence-electron chi connectivity index (χ2n) is 5.70.